The Labute approximate surface area is 98.0 Å². The van der Waals surface area contributed by atoms with Gasteiger partial charge >= 0.3 is 5.69 Å². The highest BCUT2D eigenvalue weighted by Crippen LogP contribution is 2.27. The summed E-state index contributed by atoms with van der Waals surface area (Å²) in [6.45, 7) is 3.26. The zero-order valence-corrected chi connectivity index (χ0v) is 9.64. The van der Waals surface area contributed by atoms with Crippen molar-refractivity contribution in [1.82, 2.24) is 0 Å². The van der Waals surface area contributed by atoms with E-state index < -0.39 is 16.3 Å². The molecule has 0 heterocycles. The fourth-order valence-corrected chi connectivity index (χ4v) is 1.17. The Hall–Kier alpha value is -1.69. The van der Waals surface area contributed by atoms with Crippen molar-refractivity contribution in [2.24, 2.45) is 0 Å². The molecule has 1 N–H and O–H groups in total. The highest BCUT2D eigenvalue weighted by atomic mass is 19.1. The Morgan fingerprint density at radius 1 is 1.53 bits per heavy atom. The number of halogens is 1. The van der Waals surface area contributed by atoms with Crippen LogP contribution in [0.15, 0.2) is 18.2 Å². The van der Waals surface area contributed by atoms with Crippen LogP contribution >= 0.6 is 0 Å². The zero-order chi connectivity index (χ0) is 13.1. The van der Waals surface area contributed by atoms with Crippen LogP contribution in [0.2, 0.25) is 0 Å². The smallest absolute Gasteiger partial charge is 0.311 e. The maximum Gasteiger partial charge on any atom is 0.311 e. The molecule has 1 rings (SSSR count). The molecule has 0 saturated heterocycles. The van der Waals surface area contributed by atoms with Crippen molar-refractivity contribution >= 4 is 5.69 Å². The molecule has 17 heavy (non-hydrogen) atoms. The van der Waals surface area contributed by atoms with Crippen molar-refractivity contribution in [2.45, 2.75) is 25.9 Å². The number of aliphatic hydroxyl groups is 1. The Balaban J connectivity index is 2.75. The molecule has 1 aromatic carbocycles. The Morgan fingerprint density at radius 2 is 2.18 bits per heavy atom. The number of hydrogen-bond donors (Lipinski definition) is 1. The average molecular weight is 243 g/mol. The van der Waals surface area contributed by atoms with Gasteiger partial charge in [0.05, 0.1) is 17.1 Å². The third-order valence-corrected chi connectivity index (χ3v) is 2.09. The molecule has 94 valence electrons. The average Bonchev–Trinajstić information content (AvgIpc) is 2.15. The molecule has 5 nitrogen and oxygen atoms in total. The van der Waals surface area contributed by atoms with E-state index in [4.69, 9.17) is 4.74 Å². The summed E-state index contributed by atoms with van der Waals surface area (Å²) < 4.78 is 18.0. The molecule has 0 bridgehead atoms. The van der Waals surface area contributed by atoms with Gasteiger partial charge < -0.3 is 9.84 Å². The van der Waals surface area contributed by atoms with Gasteiger partial charge in [0.2, 0.25) is 0 Å². The first kappa shape index (κ1) is 13.4. The standard InChI is InChI=1S/C11H14FNO4/c1-11(2,14)5-6-17-10-7-8(12)3-4-9(10)13(15)16/h3-4,7,14H,5-6H2,1-2H3. The molecule has 0 aromatic heterocycles. The maximum atomic E-state index is 12.9. The van der Waals surface area contributed by atoms with Crippen molar-refractivity contribution in [1.29, 1.82) is 0 Å². The SMILES string of the molecule is CC(C)(O)CCOc1cc(F)ccc1[N+](=O)[O-]. The molecule has 0 amide bonds. The molecule has 0 radical (unpaired) electrons. The van der Waals surface area contributed by atoms with E-state index in [2.05, 4.69) is 0 Å². The number of nitro groups is 1. The predicted octanol–water partition coefficient (Wildman–Crippen LogP) is 2.27. The van der Waals surface area contributed by atoms with Gasteiger partial charge in [-0.1, -0.05) is 0 Å². The number of benzene rings is 1. The summed E-state index contributed by atoms with van der Waals surface area (Å²) in [6.07, 6.45) is 0.292. The lowest BCUT2D eigenvalue weighted by molar-refractivity contribution is -0.385. The molecule has 0 unspecified atom stereocenters. The van der Waals surface area contributed by atoms with Crippen LogP contribution in [0.3, 0.4) is 0 Å². The zero-order valence-electron chi connectivity index (χ0n) is 9.64. The van der Waals surface area contributed by atoms with E-state index in [1.54, 1.807) is 13.8 Å². The van der Waals surface area contributed by atoms with Crippen molar-refractivity contribution < 1.29 is 19.2 Å². The van der Waals surface area contributed by atoms with Gasteiger partial charge in [-0.25, -0.2) is 4.39 Å². The lowest BCUT2D eigenvalue weighted by Gasteiger charge is -2.16. The fourth-order valence-electron chi connectivity index (χ4n) is 1.17. The molecule has 0 fully saturated rings. The van der Waals surface area contributed by atoms with E-state index in [0.717, 1.165) is 18.2 Å². The number of hydrogen-bond acceptors (Lipinski definition) is 4. The second-order valence-electron chi connectivity index (χ2n) is 4.28. The number of ether oxygens (including phenoxy) is 1. The molecule has 0 aliphatic heterocycles. The van der Waals surface area contributed by atoms with Gasteiger partial charge in [0.15, 0.2) is 5.75 Å². The van der Waals surface area contributed by atoms with Gasteiger partial charge in [0, 0.05) is 18.6 Å². The molecule has 0 aliphatic rings. The summed E-state index contributed by atoms with van der Waals surface area (Å²) in [7, 11) is 0. The lowest BCUT2D eigenvalue weighted by atomic mass is 10.1. The van der Waals surface area contributed by atoms with Gasteiger partial charge in [-0.2, -0.15) is 0 Å². The second kappa shape index (κ2) is 5.09. The number of nitro benzene ring substituents is 1. The second-order valence-corrected chi connectivity index (χ2v) is 4.28. The summed E-state index contributed by atoms with van der Waals surface area (Å²) in [5.74, 6) is -0.729. The number of nitrogens with zero attached hydrogens (tertiary/aromatic N) is 1. The van der Waals surface area contributed by atoms with Crippen LogP contribution in [0.4, 0.5) is 10.1 Å². The summed E-state index contributed by atoms with van der Waals surface area (Å²) in [5.41, 5.74) is -1.22. The van der Waals surface area contributed by atoms with Crippen molar-refractivity contribution in [3.63, 3.8) is 0 Å². The highest BCUT2D eigenvalue weighted by molar-refractivity contribution is 5.46. The Kier molecular flexibility index (Phi) is 4.01. The van der Waals surface area contributed by atoms with E-state index in [0.29, 0.717) is 6.42 Å². The molecule has 0 aliphatic carbocycles. The van der Waals surface area contributed by atoms with E-state index in [1.807, 2.05) is 0 Å². The van der Waals surface area contributed by atoms with Gasteiger partial charge in [-0.3, -0.25) is 10.1 Å². The van der Waals surface area contributed by atoms with Crippen LogP contribution < -0.4 is 4.74 Å². The van der Waals surface area contributed by atoms with Crippen LogP contribution in [0.25, 0.3) is 0 Å². The summed E-state index contributed by atoms with van der Waals surface area (Å²) in [4.78, 5) is 10.0. The molecular formula is C11H14FNO4. The summed E-state index contributed by atoms with van der Waals surface area (Å²) >= 11 is 0. The quantitative estimate of drug-likeness (QED) is 0.636. The first-order chi connectivity index (χ1) is 7.79. The number of rotatable bonds is 5. The Morgan fingerprint density at radius 3 is 2.71 bits per heavy atom. The molecule has 1 aromatic rings. The minimum absolute atomic E-state index is 0.0772. The monoisotopic (exact) mass is 243 g/mol. The summed E-state index contributed by atoms with van der Waals surface area (Å²) in [5, 5.41) is 20.1. The maximum absolute atomic E-state index is 12.9. The Bertz CT molecular complexity index is 414. The van der Waals surface area contributed by atoms with E-state index >= 15 is 0 Å². The van der Waals surface area contributed by atoms with Crippen LogP contribution in [0.1, 0.15) is 20.3 Å². The van der Waals surface area contributed by atoms with Crippen LogP contribution in [0, 0.1) is 15.9 Å². The fraction of sp³-hybridized carbons (Fsp3) is 0.455. The molecule has 0 saturated carbocycles. The van der Waals surface area contributed by atoms with Crippen molar-refractivity contribution in [3.8, 4) is 5.75 Å². The van der Waals surface area contributed by atoms with Crippen molar-refractivity contribution in [3.05, 3.63) is 34.1 Å². The van der Waals surface area contributed by atoms with Gasteiger partial charge in [-0.05, 0) is 19.9 Å². The topological polar surface area (TPSA) is 72.6 Å². The minimum atomic E-state index is -0.928. The predicted molar refractivity (Wildman–Crippen MR) is 59.5 cm³/mol. The molecule has 0 atom stereocenters. The first-order valence-electron chi connectivity index (χ1n) is 5.09. The largest absolute Gasteiger partial charge is 0.487 e. The molecular weight excluding hydrogens is 229 g/mol. The minimum Gasteiger partial charge on any atom is -0.487 e. The van der Waals surface area contributed by atoms with E-state index in [1.165, 1.54) is 0 Å². The lowest BCUT2D eigenvalue weighted by Crippen LogP contribution is -2.21. The van der Waals surface area contributed by atoms with E-state index in [-0.39, 0.29) is 18.0 Å². The summed E-state index contributed by atoms with van der Waals surface area (Å²) in [6, 6.07) is 3.01. The first-order valence-corrected chi connectivity index (χ1v) is 5.09. The third-order valence-electron chi connectivity index (χ3n) is 2.09. The van der Waals surface area contributed by atoms with Crippen LogP contribution in [0.5, 0.6) is 5.75 Å². The van der Waals surface area contributed by atoms with Crippen LogP contribution in [-0.2, 0) is 0 Å². The van der Waals surface area contributed by atoms with Crippen molar-refractivity contribution in [2.75, 3.05) is 6.61 Å². The van der Waals surface area contributed by atoms with E-state index in [9.17, 15) is 19.6 Å². The normalized spacial score (nSPS) is 11.3. The van der Waals surface area contributed by atoms with Crippen LogP contribution in [-0.4, -0.2) is 22.2 Å². The third kappa shape index (κ3) is 4.36. The van der Waals surface area contributed by atoms with Gasteiger partial charge in [0.25, 0.3) is 0 Å². The van der Waals surface area contributed by atoms with Gasteiger partial charge in [0.1, 0.15) is 5.82 Å². The highest BCUT2D eigenvalue weighted by Gasteiger charge is 2.17. The molecule has 0 spiro atoms. The molecule has 6 heteroatoms. The van der Waals surface area contributed by atoms with Gasteiger partial charge in [-0.15, -0.1) is 0 Å².